The molecule has 1 aromatic carbocycles. The third-order valence-corrected chi connectivity index (χ3v) is 5.18. The molecule has 0 atom stereocenters. The minimum atomic E-state index is 0.0856. The minimum Gasteiger partial charge on any atom is -0.399 e. The van der Waals surface area contributed by atoms with Crippen molar-refractivity contribution in [2.75, 3.05) is 17.2 Å². The fourth-order valence-corrected chi connectivity index (χ4v) is 4.07. The maximum atomic E-state index is 12.8. The smallest absolute Gasteiger partial charge is 0.268 e. The van der Waals surface area contributed by atoms with Crippen molar-refractivity contribution in [1.82, 2.24) is 0 Å². The van der Waals surface area contributed by atoms with E-state index in [1.54, 1.807) is 16.2 Å². The standard InChI is InChI=1S/C17H20N2OS/c1-2-19(14-8-5-7-13(18)11-14)17(20)16-10-12-6-3-4-9-15(12)21-16/h5,7-8,10-11H,2-4,6,9,18H2,1H3. The first-order valence-corrected chi connectivity index (χ1v) is 8.29. The highest BCUT2D eigenvalue weighted by Crippen LogP contribution is 2.31. The maximum absolute atomic E-state index is 12.8. The number of fused-ring (bicyclic) bond motifs is 1. The normalized spacial score (nSPS) is 13.8. The van der Waals surface area contributed by atoms with Crippen molar-refractivity contribution in [3.05, 3.63) is 45.6 Å². The summed E-state index contributed by atoms with van der Waals surface area (Å²) < 4.78 is 0. The van der Waals surface area contributed by atoms with Gasteiger partial charge in [-0.3, -0.25) is 4.79 Å². The van der Waals surface area contributed by atoms with Gasteiger partial charge in [-0.25, -0.2) is 0 Å². The molecule has 4 heteroatoms. The van der Waals surface area contributed by atoms with E-state index in [4.69, 9.17) is 5.73 Å². The Morgan fingerprint density at radius 2 is 2.10 bits per heavy atom. The summed E-state index contributed by atoms with van der Waals surface area (Å²) in [6, 6.07) is 9.61. The zero-order chi connectivity index (χ0) is 14.8. The Hall–Kier alpha value is -1.81. The highest BCUT2D eigenvalue weighted by molar-refractivity contribution is 7.14. The van der Waals surface area contributed by atoms with Crippen molar-refractivity contribution in [1.29, 1.82) is 0 Å². The number of thiophene rings is 1. The lowest BCUT2D eigenvalue weighted by molar-refractivity contribution is 0.0992. The van der Waals surface area contributed by atoms with Crippen LogP contribution in [0.1, 0.15) is 39.9 Å². The number of aryl methyl sites for hydroxylation is 2. The van der Waals surface area contributed by atoms with Gasteiger partial charge >= 0.3 is 0 Å². The fourth-order valence-electron chi connectivity index (χ4n) is 2.87. The van der Waals surface area contributed by atoms with Crippen molar-refractivity contribution in [3.63, 3.8) is 0 Å². The Balaban J connectivity index is 1.90. The van der Waals surface area contributed by atoms with E-state index in [0.717, 1.165) is 23.4 Å². The largest absolute Gasteiger partial charge is 0.399 e. The van der Waals surface area contributed by atoms with Crippen LogP contribution in [0.2, 0.25) is 0 Å². The quantitative estimate of drug-likeness (QED) is 0.874. The lowest BCUT2D eigenvalue weighted by Gasteiger charge is -2.20. The molecular formula is C17H20N2OS. The van der Waals surface area contributed by atoms with Crippen molar-refractivity contribution in [2.24, 2.45) is 0 Å². The lowest BCUT2D eigenvalue weighted by Crippen LogP contribution is -2.30. The maximum Gasteiger partial charge on any atom is 0.268 e. The van der Waals surface area contributed by atoms with Gasteiger partial charge in [0.2, 0.25) is 0 Å². The second-order valence-corrected chi connectivity index (χ2v) is 6.55. The highest BCUT2D eigenvalue weighted by Gasteiger charge is 2.21. The summed E-state index contributed by atoms with van der Waals surface area (Å²) in [6.07, 6.45) is 4.72. The van der Waals surface area contributed by atoms with Gasteiger partial charge in [-0.05, 0) is 62.4 Å². The number of carbonyl (C=O) groups is 1. The number of nitrogen functional groups attached to an aromatic ring is 1. The van der Waals surface area contributed by atoms with Crippen molar-refractivity contribution < 1.29 is 4.79 Å². The topological polar surface area (TPSA) is 46.3 Å². The molecule has 2 aromatic rings. The van der Waals surface area contributed by atoms with E-state index in [-0.39, 0.29) is 5.91 Å². The number of nitrogens with zero attached hydrogens (tertiary/aromatic N) is 1. The average molecular weight is 300 g/mol. The molecule has 0 spiro atoms. The van der Waals surface area contributed by atoms with E-state index in [0.29, 0.717) is 12.2 Å². The Kier molecular flexibility index (Phi) is 3.97. The first kappa shape index (κ1) is 14.1. The van der Waals surface area contributed by atoms with Crippen molar-refractivity contribution >= 4 is 28.6 Å². The molecule has 1 amide bonds. The zero-order valence-corrected chi connectivity index (χ0v) is 13.1. The van der Waals surface area contributed by atoms with E-state index >= 15 is 0 Å². The van der Waals surface area contributed by atoms with Gasteiger partial charge in [0, 0.05) is 22.8 Å². The molecule has 0 unspecified atom stereocenters. The second kappa shape index (κ2) is 5.90. The first-order chi connectivity index (χ1) is 10.2. The highest BCUT2D eigenvalue weighted by atomic mass is 32.1. The summed E-state index contributed by atoms with van der Waals surface area (Å²) in [5, 5.41) is 0. The van der Waals surface area contributed by atoms with Gasteiger partial charge in [0.25, 0.3) is 5.91 Å². The monoisotopic (exact) mass is 300 g/mol. The number of amides is 1. The Morgan fingerprint density at radius 1 is 1.29 bits per heavy atom. The number of nitrogens with two attached hydrogens (primary N) is 1. The molecule has 0 saturated carbocycles. The van der Waals surface area contributed by atoms with Gasteiger partial charge in [0.15, 0.2) is 0 Å². The number of anilines is 2. The molecule has 0 fully saturated rings. The van der Waals surface area contributed by atoms with Crippen LogP contribution in [-0.2, 0) is 12.8 Å². The molecule has 0 saturated heterocycles. The van der Waals surface area contributed by atoms with Crippen molar-refractivity contribution in [3.8, 4) is 0 Å². The number of benzene rings is 1. The number of rotatable bonds is 3. The molecule has 2 N–H and O–H groups in total. The molecule has 0 bridgehead atoms. The molecule has 110 valence electrons. The molecule has 3 nitrogen and oxygen atoms in total. The van der Waals surface area contributed by atoms with Crippen LogP contribution in [0, 0.1) is 0 Å². The van der Waals surface area contributed by atoms with Gasteiger partial charge < -0.3 is 10.6 Å². The van der Waals surface area contributed by atoms with Gasteiger partial charge in [-0.1, -0.05) is 6.07 Å². The van der Waals surface area contributed by atoms with E-state index in [1.165, 1.54) is 23.3 Å². The Morgan fingerprint density at radius 3 is 2.81 bits per heavy atom. The van der Waals surface area contributed by atoms with Crippen LogP contribution >= 0.6 is 11.3 Å². The number of carbonyl (C=O) groups excluding carboxylic acids is 1. The minimum absolute atomic E-state index is 0.0856. The zero-order valence-electron chi connectivity index (χ0n) is 12.3. The molecule has 1 aromatic heterocycles. The van der Waals surface area contributed by atoms with Crippen LogP contribution in [0.5, 0.6) is 0 Å². The summed E-state index contributed by atoms with van der Waals surface area (Å²) in [6.45, 7) is 2.64. The van der Waals surface area contributed by atoms with E-state index < -0.39 is 0 Å². The lowest BCUT2D eigenvalue weighted by atomic mass is 9.99. The van der Waals surface area contributed by atoms with Crippen molar-refractivity contribution in [2.45, 2.75) is 32.6 Å². The Labute approximate surface area is 129 Å². The molecule has 1 aliphatic carbocycles. The summed E-state index contributed by atoms with van der Waals surface area (Å²) in [4.78, 5) is 16.8. The molecule has 0 radical (unpaired) electrons. The molecule has 21 heavy (non-hydrogen) atoms. The van der Waals surface area contributed by atoms with Crippen LogP contribution in [0.4, 0.5) is 11.4 Å². The summed E-state index contributed by atoms with van der Waals surface area (Å²) in [5.74, 6) is 0.0856. The van der Waals surface area contributed by atoms with E-state index in [9.17, 15) is 4.79 Å². The molecule has 3 rings (SSSR count). The Bertz CT molecular complexity index is 639. The first-order valence-electron chi connectivity index (χ1n) is 7.48. The number of hydrogen-bond acceptors (Lipinski definition) is 3. The molecular weight excluding hydrogens is 280 g/mol. The van der Waals surface area contributed by atoms with Crippen LogP contribution in [0.3, 0.4) is 0 Å². The SMILES string of the molecule is CCN(C(=O)c1cc2c(s1)CCCC2)c1cccc(N)c1. The second-order valence-electron chi connectivity index (χ2n) is 5.41. The van der Waals surface area contributed by atoms with E-state index in [2.05, 4.69) is 6.07 Å². The van der Waals surface area contributed by atoms with Gasteiger partial charge in [0.05, 0.1) is 4.88 Å². The van der Waals surface area contributed by atoms with Gasteiger partial charge in [-0.15, -0.1) is 11.3 Å². The predicted octanol–water partition coefficient (Wildman–Crippen LogP) is 3.88. The van der Waals surface area contributed by atoms with Crippen LogP contribution < -0.4 is 10.6 Å². The predicted molar refractivity (Wildman–Crippen MR) is 89.2 cm³/mol. The van der Waals surface area contributed by atoms with Gasteiger partial charge in [-0.2, -0.15) is 0 Å². The summed E-state index contributed by atoms with van der Waals surface area (Å²) in [7, 11) is 0. The molecule has 1 heterocycles. The van der Waals surface area contributed by atoms with Gasteiger partial charge in [0.1, 0.15) is 0 Å². The summed E-state index contributed by atoms with van der Waals surface area (Å²) >= 11 is 1.66. The summed E-state index contributed by atoms with van der Waals surface area (Å²) in [5.41, 5.74) is 8.76. The van der Waals surface area contributed by atoms with Crippen LogP contribution in [0.15, 0.2) is 30.3 Å². The molecule has 0 aliphatic heterocycles. The fraction of sp³-hybridized carbons (Fsp3) is 0.353. The molecule has 1 aliphatic rings. The van der Waals surface area contributed by atoms with Crippen LogP contribution in [0.25, 0.3) is 0 Å². The third kappa shape index (κ3) is 2.81. The van der Waals surface area contributed by atoms with Crippen LogP contribution in [-0.4, -0.2) is 12.5 Å². The van der Waals surface area contributed by atoms with E-state index in [1.807, 2.05) is 31.2 Å². The third-order valence-electron chi connectivity index (χ3n) is 3.95. The average Bonchev–Trinajstić information content (AvgIpc) is 2.92. The number of hydrogen-bond donors (Lipinski definition) is 1.